The van der Waals surface area contributed by atoms with E-state index in [1.54, 1.807) is 0 Å². The number of hydrogen-bond donors (Lipinski definition) is 2. The fourth-order valence-corrected chi connectivity index (χ4v) is 2.57. The van der Waals surface area contributed by atoms with Crippen LogP contribution in [0.5, 0.6) is 0 Å². The number of rotatable bonds is 3. The molecule has 1 aliphatic rings. The van der Waals surface area contributed by atoms with Gasteiger partial charge in [0.1, 0.15) is 5.82 Å². The number of halogens is 2. The molecule has 0 radical (unpaired) electrons. The van der Waals surface area contributed by atoms with Crippen molar-refractivity contribution in [2.45, 2.75) is 19.6 Å². The molecule has 21 heavy (non-hydrogen) atoms. The number of carbonyl (C=O) groups is 1. The summed E-state index contributed by atoms with van der Waals surface area (Å²) >= 11 is 5.67. The van der Waals surface area contributed by atoms with Gasteiger partial charge in [-0.05, 0) is 34.9 Å². The number of amides is 1. The summed E-state index contributed by atoms with van der Waals surface area (Å²) in [6.45, 7) is 2.11. The van der Waals surface area contributed by atoms with Gasteiger partial charge in [0, 0.05) is 24.7 Å². The number of carbonyl (C=O) groups excluding carboxylic acids is 1. The average molecular weight is 305 g/mol. The molecule has 5 heteroatoms. The standard InChI is InChI=1S/C16H14ClFN2O/c17-13-3-4-14(15(18)6-13)16(21)20-7-10-1-2-11-8-19-9-12(11)5-10/h1-6,19H,7-9H2,(H,20,21). The number of fused-ring (bicyclic) bond motifs is 1. The lowest BCUT2D eigenvalue weighted by atomic mass is 10.1. The summed E-state index contributed by atoms with van der Waals surface area (Å²) in [6.07, 6.45) is 0. The highest BCUT2D eigenvalue weighted by molar-refractivity contribution is 6.30. The van der Waals surface area contributed by atoms with Gasteiger partial charge in [-0.3, -0.25) is 4.79 Å². The van der Waals surface area contributed by atoms with Gasteiger partial charge >= 0.3 is 0 Å². The van der Waals surface area contributed by atoms with Crippen molar-refractivity contribution < 1.29 is 9.18 Å². The topological polar surface area (TPSA) is 41.1 Å². The lowest BCUT2D eigenvalue weighted by Gasteiger charge is -2.08. The van der Waals surface area contributed by atoms with Crippen molar-refractivity contribution in [2.24, 2.45) is 0 Å². The zero-order chi connectivity index (χ0) is 14.8. The van der Waals surface area contributed by atoms with E-state index >= 15 is 0 Å². The largest absolute Gasteiger partial charge is 0.348 e. The maximum atomic E-state index is 13.7. The summed E-state index contributed by atoms with van der Waals surface area (Å²) in [6, 6.07) is 10.1. The van der Waals surface area contributed by atoms with Crippen molar-refractivity contribution in [2.75, 3.05) is 0 Å². The Hall–Kier alpha value is -1.91. The first kappa shape index (κ1) is 14.0. The van der Waals surface area contributed by atoms with Crippen LogP contribution in [0.4, 0.5) is 4.39 Å². The van der Waals surface area contributed by atoms with Gasteiger partial charge in [-0.1, -0.05) is 29.8 Å². The fraction of sp³-hybridized carbons (Fsp3) is 0.188. The first-order valence-electron chi connectivity index (χ1n) is 6.68. The molecule has 0 aromatic heterocycles. The molecule has 0 spiro atoms. The molecule has 0 aliphatic carbocycles. The van der Waals surface area contributed by atoms with E-state index in [-0.39, 0.29) is 10.6 Å². The smallest absolute Gasteiger partial charge is 0.254 e. The van der Waals surface area contributed by atoms with E-state index in [9.17, 15) is 9.18 Å². The molecule has 3 nitrogen and oxygen atoms in total. The monoisotopic (exact) mass is 304 g/mol. The van der Waals surface area contributed by atoms with E-state index in [2.05, 4.69) is 22.8 Å². The molecule has 0 bridgehead atoms. The van der Waals surface area contributed by atoms with Crippen molar-refractivity contribution in [3.05, 3.63) is 69.5 Å². The summed E-state index contributed by atoms with van der Waals surface area (Å²) in [4.78, 5) is 12.0. The van der Waals surface area contributed by atoms with Gasteiger partial charge in [-0.2, -0.15) is 0 Å². The predicted molar refractivity (Wildman–Crippen MR) is 79.6 cm³/mol. The van der Waals surface area contributed by atoms with Gasteiger partial charge in [0.15, 0.2) is 0 Å². The third-order valence-electron chi connectivity index (χ3n) is 3.53. The normalized spacial score (nSPS) is 13.0. The number of nitrogens with one attached hydrogen (secondary N) is 2. The molecule has 0 fully saturated rings. The quantitative estimate of drug-likeness (QED) is 0.915. The van der Waals surface area contributed by atoms with E-state index < -0.39 is 11.7 Å². The molecular weight excluding hydrogens is 291 g/mol. The van der Waals surface area contributed by atoms with Crippen LogP contribution in [0.3, 0.4) is 0 Å². The molecule has 0 atom stereocenters. The summed E-state index contributed by atoms with van der Waals surface area (Å²) < 4.78 is 13.7. The van der Waals surface area contributed by atoms with Crippen molar-refractivity contribution in [1.29, 1.82) is 0 Å². The number of benzene rings is 2. The molecule has 2 aromatic carbocycles. The van der Waals surface area contributed by atoms with Crippen LogP contribution in [0, 0.1) is 5.82 Å². The first-order chi connectivity index (χ1) is 10.1. The third kappa shape index (κ3) is 3.06. The molecule has 3 rings (SSSR count). The van der Waals surface area contributed by atoms with E-state index in [4.69, 9.17) is 11.6 Å². The fourth-order valence-electron chi connectivity index (χ4n) is 2.41. The van der Waals surface area contributed by atoms with Crippen LogP contribution in [0.2, 0.25) is 5.02 Å². The average Bonchev–Trinajstić information content (AvgIpc) is 2.92. The summed E-state index contributed by atoms with van der Waals surface area (Å²) in [5.74, 6) is -1.05. The molecule has 1 aliphatic heterocycles. The zero-order valence-corrected chi connectivity index (χ0v) is 12.0. The predicted octanol–water partition coefficient (Wildman–Crippen LogP) is 3.01. The summed E-state index contributed by atoms with van der Waals surface area (Å²) in [5, 5.41) is 6.27. The van der Waals surface area contributed by atoms with Crippen LogP contribution in [0.15, 0.2) is 36.4 Å². The van der Waals surface area contributed by atoms with Crippen LogP contribution >= 0.6 is 11.6 Å². The lowest BCUT2D eigenvalue weighted by Crippen LogP contribution is -2.23. The Morgan fingerprint density at radius 1 is 1.19 bits per heavy atom. The molecule has 2 N–H and O–H groups in total. The highest BCUT2D eigenvalue weighted by atomic mass is 35.5. The molecule has 0 unspecified atom stereocenters. The van der Waals surface area contributed by atoms with Crippen molar-refractivity contribution in [3.63, 3.8) is 0 Å². The Labute approximate surface area is 127 Å². The lowest BCUT2D eigenvalue weighted by molar-refractivity contribution is 0.0947. The first-order valence-corrected chi connectivity index (χ1v) is 7.06. The Balaban J connectivity index is 1.68. The van der Waals surface area contributed by atoms with Crippen molar-refractivity contribution in [1.82, 2.24) is 10.6 Å². The second-order valence-corrected chi connectivity index (χ2v) is 5.45. The molecule has 0 saturated carbocycles. The molecule has 0 saturated heterocycles. The highest BCUT2D eigenvalue weighted by Crippen LogP contribution is 2.17. The third-order valence-corrected chi connectivity index (χ3v) is 3.77. The van der Waals surface area contributed by atoms with E-state index in [0.717, 1.165) is 24.7 Å². The van der Waals surface area contributed by atoms with Crippen LogP contribution in [-0.4, -0.2) is 5.91 Å². The maximum Gasteiger partial charge on any atom is 0.254 e. The Morgan fingerprint density at radius 3 is 2.81 bits per heavy atom. The minimum atomic E-state index is -0.613. The van der Waals surface area contributed by atoms with Crippen LogP contribution in [0.25, 0.3) is 0 Å². The van der Waals surface area contributed by atoms with Crippen LogP contribution in [0.1, 0.15) is 27.0 Å². The van der Waals surface area contributed by atoms with Gasteiger partial charge in [0.05, 0.1) is 5.56 Å². The molecule has 108 valence electrons. The summed E-state index contributed by atoms with van der Waals surface area (Å²) in [7, 11) is 0. The highest BCUT2D eigenvalue weighted by Gasteiger charge is 2.13. The van der Waals surface area contributed by atoms with Crippen molar-refractivity contribution in [3.8, 4) is 0 Å². The molecular formula is C16H14ClFN2O. The second kappa shape index (κ2) is 5.84. The molecule has 2 aromatic rings. The SMILES string of the molecule is O=C(NCc1ccc2c(c1)CNC2)c1ccc(Cl)cc1F. The second-order valence-electron chi connectivity index (χ2n) is 5.01. The Morgan fingerprint density at radius 2 is 2.00 bits per heavy atom. The Bertz CT molecular complexity index is 703. The van der Waals surface area contributed by atoms with Crippen LogP contribution < -0.4 is 10.6 Å². The maximum absolute atomic E-state index is 13.7. The summed E-state index contributed by atoms with van der Waals surface area (Å²) in [5.41, 5.74) is 3.54. The molecule has 1 amide bonds. The van der Waals surface area contributed by atoms with Gasteiger partial charge in [-0.15, -0.1) is 0 Å². The van der Waals surface area contributed by atoms with Gasteiger partial charge in [0.2, 0.25) is 0 Å². The van der Waals surface area contributed by atoms with Gasteiger partial charge < -0.3 is 10.6 Å². The van der Waals surface area contributed by atoms with E-state index in [1.165, 1.54) is 23.3 Å². The van der Waals surface area contributed by atoms with Crippen LogP contribution in [-0.2, 0) is 19.6 Å². The number of hydrogen-bond acceptors (Lipinski definition) is 2. The Kier molecular flexibility index (Phi) is 3.90. The minimum absolute atomic E-state index is 0.00206. The van der Waals surface area contributed by atoms with E-state index in [1.807, 2.05) is 6.07 Å². The minimum Gasteiger partial charge on any atom is -0.348 e. The van der Waals surface area contributed by atoms with Gasteiger partial charge in [0.25, 0.3) is 5.91 Å². The van der Waals surface area contributed by atoms with E-state index in [0.29, 0.717) is 6.54 Å². The van der Waals surface area contributed by atoms with Gasteiger partial charge in [-0.25, -0.2) is 4.39 Å². The van der Waals surface area contributed by atoms with Crippen molar-refractivity contribution >= 4 is 17.5 Å². The molecule has 1 heterocycles. The zero-order valence-electron chi connectivity index (χ0n) is 11.2.